The molecule has 0 unspecified atom stereocenters. The van der Waals surface area contributed by atoms with Crippen molar-refractivity contribution in [1.82, 2.24) is 15.0 Å². The molecular weight excluding hydrogens is 617 g/mol. The Morgan fingerprint density at radius 3 is 1.19 bits per heavy atom. The fourth-order valence-corrected chi connectivity index (χ4v) is 8.44. The van der Waals surface area contributed by atoms with Gasteiger partial charge in [0.2, 0.25) is 0 Å². The summed E-state index contributed by atoms with van der Waals surface area (Å²) in [7, 11) is 33.2. The first-order chi connectivity index (χ1) is 24.5. The van der Waals surface area contributed by atoms with Crippen molar-refractivity contribution in [1.29, 1.82) is 0 Å². The van der Waals surface area contributed by atoms with Gasteiger partial charge in [-0.3, -0.25) is 0 Å². The summed E-state index contributed by atoms with van der Waals surface area (Å²) >= 11 is 0. The van der Waals surface area contributed by atoms with Gasteiger partial charge < -0.3 is 4.42 Å². The van der Waals surface area contributed by atoms with Crippen molar-refractivity contribution in [3.63, 3.8) is 0 Å². The Morgan fingerprint density at radius 2 is 0.750 bits per heavy atom. The standard InChI is InChI=1S/C33H36B15N3O/c34-15-12(16(35)22(41)27(46)21(15)40)9-3-1-2-8-10-6-7(4-5-11(10)52-30(8)9)31-49-32(13-17(36)23(42)28(47)24(43)18(13)37)51-33(50-31)14-19(38)25(44)29(48)26(45)20(14)39/h1-6H,34-48H2. The van der Waals surface area contributed by atoms with Crippen molar-refractivity contribution in [2.75, 3.05) is 0 Å². The first-order valence-electron chi connectivity index (χ1n) is 18.5. The van der Waals surface area contributed by atoms with Gasteiger partial charge in [-0.15, -0.1) is 49.2 Å². The van der Waals surface area contributed by atoms with E-state index in [9.17, 15) is 0 Å². The molecule has 0 saturated carbocycles. The fourth-order valence-electron chi connectivity index (χ4n) is 8.44. The van der Waals surface area contributed by atoms with Gasteiger partial charge in [0.1, 0.15) is 129 Å². The Balaban J connectivity index is 1.51. The minimum Gasteiger partial charge on any atom is -0.455 e. The SMILES string of the molecule is Bc1c(B)c(B)c(-c2nc(-c3ccc4oc5c(-c6c(B)c(B)c(B)c(B)c6B)cccc5c4c3)nc(-c3c(B)c(B)c(B)c(B)c3B)n2)c(B)c1B. The number of benzene rings is 5. The fraction of sp³-hybridized carbons (Fsp3) is 0. The third-order valence-corrected chi connectivity index (χ3v) is 13.1. The molecule has 0 aliphatic rings. The van der Waals surface area contributed by atoms with Crippen LogP contribution in [0.25, 0.3) is 67.2 Å². The second kappa shape index (κ2) is 13.1. The number of nitrogens with zero attached hydrogens (tertiary/aromatic N) is 3. The quantitative estimate of drug-likeness (QED) is 0.178. The lowest BCUT2D eigenvalue weighted by molar-refractivity contribution is 0.670. The molecule has 0 radical (unpaired) electrons. The second-order valence-electron chi connectivity index (χ2n) is 15.3. The number of aromatic nitrogens is 3. The van der Waals surface area contributed by atoms with Crippen LogP contribution in [0.3, 0.4) is 0 Å². The molecule has 0 spiro atoms. The number of hydrogen-bond donors (Lipinski definition) is 0. The van der Waals surface area contributed by atoms with Crippen LogP contribution in [0.15, 0.2) is 40.8 Å². The van der Waals surface area contributed by atoms with Crippen LogP contribution in [-0.2, 0) is 0 Å². The number of rotatable bonds is 4. The molecule has 19 heteroatoms. The van der Waals surface area contributed by atoms with E-state index in [4.69, 9.17) is 19.4 Å². The van der Waals surface area contributed by atoms with Gasteiger partial charge in [0, 0.05) is 33.0 Å². The molecule has 0 amide bonds. The van der Waals surface area contributed by atoms with Gasteiger partial charge in [-0.05, 0) is 23.8 Å². The molecule has 0 N–H and O–H groups in total. The second-order valence-corrected chi connectivity index (χ2v) is 15.3. The molecule has 0 aliphatic carbocycles. The van der Waals surface area contributed by atoms with Crippen LogP contribution in [0.4, 0.5) is 0 Å². The van der Waals surface area contributed by atoms with E-state index in [1.165, 1.54) is 87.5 Å². The first-order valence-corrected chi connectivity index (χ1v) is 18.5. The van der Waals surface area contributed by atoms with Gasteiger partial charge in [0.15, 0.2) is 17.5 Å². The van der Waals surface area contributed by atoms with E-state index in [1.54, 1.807) is 0 Å². The molecule has 2 aromatic heterocycles. The molecule has 7 rings (SSSR count). The largest absolute Gasteiger partial charge is 0.455 e. The summed E-state index contributed by atoms with van der Waals surface area (Å²) in [4.78, 5) is 15.9. The van der Waals surface area contributed by atoms with Gasteiger partial charge in [0.25, 0.3) is 0 Å². The van der Waals surface area contributed by atoms with Crippen molar-refractivity contribution in [2.45, 2.75) is 0 Å². The van der Waals surface area contributed by atoms with Crippen LogP contribution >= 0.6 is 0 Å². The zero-order valence-corrected chi connectivity index (χ0v) is 33.7. The van der Waals surface area contributed by atoms with Crippen LogP contribution in [0.5, 0.6) is 0 Å². The van der Waals surface area contributed by atoms with Crippen LogP contribution in [-0.4, -0.2) is 133 Å². The van der Waals surface area contributed by atoms with E-state index in [2.05, 4.69) is 154 Å². The van der Waals surface area contributed by atoms with Crippen molar-refractivity contribution < 1.29 is 4.42 Å². The summed E-state index contributed by atoms with van der Waals surface area (Å²) < 4.78 is 6.72. The molecular formula is C33H36B15N3O. The van der Waals surface area contributed by atoms with Gasteiger partial charge in [-0.2, -0.15) is 0 Å². The maximum atomic E-state index is 6.72. The molecule has 2 heterocycles. The third-order valence-electron chi connectivity index (χ3n) is 13.1. The van der Waals surface area contributed by atoms with Gasteiger partial charge >= 0.3 is 0 Å². The summed E-state index contributed by atoms with van der Waals surface area (Å²) in [5, 5.41) is 2.14. The van der Waals surface area contributed by atoms with Crippen LogP contribution in [0, 0.1) is 0 Å². The number of fused-ring (bicyclic) bond motifs is 3. The molecule has 0 atom stereocenters. The molecule has 0 fully saturated rings. The van der Waals surface area contributed by atoms with Crippen molar-refractivity contribution in [3.05, 3.63) is 36.4 Å². The van der Waals surface area contributed by atoms with Crippen LogP contribution in [0.1, 0.15) is 0 Å². The van der Waals surface area contributed by atoms with Gasteiger partial charge in [-0.25, -0.2) is 15.0 Å². The summed E-state index contributed by atoms with van der Waals surface area (Å²) in [5.41, 5.74) is 26.5. The Hall–Kier alpha value is -4.12. The summed E-state index contributed by atoms with van der Waals surface area (Å²) in [6.07, 6.45) is 0. The third kappa shape index (κ3) is 5.40. The Kier molecular flexibility index (Phi) is 9.12. The maximum absolute atomic E-state index is 6.72. The lowest BCUT2D eigenvalue weighted by atomic mass is 9.59. The highest BCUT2D eigenvalue weighted by molar-refractivity contribution is 6.71. The lowest BCUT2D eigenvalue weighted by Crippen LogP contribution is -2.55. The van der Waals surface area contributed by atoms with E-state index >= 15 is 0 Å². The Morgan fingerprint density at radius 1 is 0.365 bits per heavy atom. The highest BCUT2D eigenvalue weighted by Gasteiger charge is 2.23. The number of hydrogen-bond acceptors (Lipinski definition) is 4. The Bertz CT molecular complexity index is 2540. The van der Waals surface area contributed by atoms with E-state index < -0.39 is 0 Å². The van der Waals surface area contributed by atoms with Gasteiger partial charge in [0.05, 0.1) is 0 Å². The first kappa shape index (κ1) is 36.3. The average molecular weight is 653 g/mol. The topological polar surface area (TPSA) is 51.8 Å². The molecule has 4 nitrogen and oxygen atoms in total. The average Bonchev–Trinajstić information content (AvgIpc) is 3.52. The van der Waals surface area contributed by atoms with E-state index in [1.807, 2.05) is 0 Å². The molecule has 0 bridgehead atoms. The monoisotopic (exact) mass is 655 g/mol. The Labute approximate surface area is 321 Å². The van der Waals surface area contributed by atoms with Crippen molar-refractivity contribution in [2.24, 2.45) is 0 Å². The summed E-state index contributed by atoms with van der Waals surface area (Å²) in [5.74, 6) is 2.09. The zero-order valence-electron chi connectivity index (χ0n) is 33.7. The zero-order chi connectivity index (χ0) is 37.7. The minimum absolute atomic E-state index is 0.660. The van der Waals surface area contributed by atoms with Crippen LogP contribution < -0.4 is 81.9 Å². The van der Waals surface area contributed by atoms with Crippen molar-refractivity contribution >= 4 is 222 Å². The smallest absolute Gasteiger partial charge is 0.164 e. The minimum atomic E-state index is 0.660. The highest BCUT2D eigenvalue weighted by atomic mass is 16.3. The lowest BCUT2D eigenvalue weighted by Gasteiger charge is -2.22. The molecule has 7 aromatic rings. The van der Waals surface area contributed by atoms with E-state index in [0.29, 0.717) is 17.5 Å². The van der Waals surface area contributed by atoms with Crippen molar-refractivity contribution in [3.8, 4) is 45.3 Å². The molecule has 52 heavy (non-hydrogen) atoms. The number of para-hydroxylation sites is 1. The normalized spacial score (nSPS) is 11.5. The molecule has 0 saturated heterocycles. The molecule has 5 aromatic carbocycles. The van der Waals surface area contributed by atoms with Crippen LogP contribution in [0.2, 0.25) is 0 Å². The predicted octanol–water partition coefficient (Wildman–Crippen LogP) is -17.7. The summed E-state index contributed by atoms with van der Waals surface area (Å²) in [6.45, 7) is 0. The number of furan rings is 1. The summed E-state index contributed by atoms with van der Waals surface area (Å²) in [6, 6.07) is 12.9. The predicted molar refractivity (Wildman–Crippen MR) is 272 cm³/mol. The van der Waals surface area contributed by atoms with E-state index in [0.717, 1.165) is 44.2 Å². The van der Waals surface area contributed by atoms with Gasteiger partial charge in [-0.1, -0.05) is 51.0 Å². The highest BCUT2D eigenvalue weighted by Crippen LogP contribution is 2.36. The molecule has 234 valence electrons. The maximum Gasteiger partial charge on any atom is 0.164 e. The van der Waals surface area contributed by atoms with E-state index in [-0.39, 0.29) is 0 Å². The molecule has 0 aliphatic heterocycles.